The highest BCUT2D eigenvalue weighted by Gasteiger charge is 2.44. The van der Waals surface area contributed by atoms with Crippen molar-refractivity contribution in [1.29, 1.82) is 0 Å². The minimum absolute atomic E-state index is 0.0581. The van der Waals surface area contributed by atoms with E-state index in [-0.39, 0.29) is 5.60 Å². The van der Waals surface area contributed by atoms with E-state index in [2.05, 4.69) is 31.3 Å². The Hall–Kier alpha value is -1.22. The van der Waals surface area contributed by atoms with E-state index >= 15 is 0 Å². The summed E-state index contributed by atoms with van der Waals surface area (Å²) in [4.78, 5) is 0. The molecule has 104 valence electrons. The van der Waals surface area contributed by atoms with Gasteiger partial charge in [0.25, 0.3) is 0 Å². The number of fused-ring (bicyclic) bond motifs is 4. The zero-order chi connectivity index (χ0) is 13.5. The number of benzene rings is 1. The largest absolute Gasteiger partial charge is 0.493 e. The third-order valence-corrected chi connectivity index (χ3v) is 4.44. The third-order valence-electron chi connectivity index (χ3n) is 4.44. The first-order valence-electron chi connectivity index (χ1n) is 7.24. The van der Waals surface area contributed by atoms with Crippen molar-refractivity contribution in [2.45, 2.75) is 50.7 Å². The van der Waals surface area contributed by atoms with Gasteiger partial charge in [0.15, 0.2) is 11.5 Å². The van der Waals surface area contributed by atoms with E-state index in [4.69, 9.17) is 9.47 Å². The lowest BCUT2D eigenvalue weighted by Gasteiger charge is -2.47. The lowest BCUT2D eigenvalue weighted by atomic mass is 9.71. The van der Waals surface area contributed by atoms with Gasteiger partial charge in [-0.1, -0.05) is 19.1 Å². The Labute approximate surface area is 115 Å². The van der Waals surface area contributed by atoms with Crippen LogP contribution in [-0.4, -0.2) is 25.3 Å². The van der Waals surface area contributed by atoms with Gasteiger partial charge in [-0.3, -0.25) is 0 Å². The van der Waals surface area contributed by atoms with Gasteiger partial charge in [-0.25, -0.2) is 0 Å². The standard InChI is InChI=1S/C16H23NO2/c1-4-17-12-8-11-9-16(2,10-12)19-15-13(11)6-5-7-14(15)18-3/h5-7,11-12,17H,4,8-10H2,1-3H3. The summed E-state index contributed by atoms with van der Waals surface area (Å²) in [6, 6.07) is 6.82. The SMILES string of the molecule is CCNC1CC2CC(C)(C1)Oc1c(OC)cccc12. The van der Waals surface area contributed by atoms with Crippen molar-refractivity contribution in [1.82, 2.24) is 5.32 Å². The van der Waals surface area contributed by atoms with Crippen LogP contribution in [0.15, 0.2) is 18.2 Å². The van der Waals surface area contributed by atoms with Crippen LogP contribution in [0.4, 0.5) is 0 Å². The van der Waals surface area contributed by atoms with Crippen LogP contribution in [0.1, 0.15) is 44.6 Å². The molecule has 1 N–H and O–H groups in total. The zero-order valence-electron chi connectivity index (χ0n) is 12.0. The van der Waals surface area contributed by atoms with E-state index in [1.807, 2.05) is 6.07 Å². The fourth-order valence-corrected chi connectivity index (χ4v) is 3.77. The molecule has 3 nitrogen and oxygen atoms in total. The van der Waals surface area contributed by atoms with Crippen molar-refractivity contribution >= 4 is 0 Å². The van der Waals surface area contributed by atoms with E-state index in [0.717, 1.165) is 30.9 Å². The van der Waals surface area contributed by atoms with Crippen LogP contribution < -0.4 is 14.8 Å². The van der Waals surface area contributed by atoms with Gasteiger partial charge in [-0.2, -0.15) is 0 Å². The molecule has 2 aliphatic rings. The number of hydrogen-bond donors (Lipinski definition) is 1. The highest BCUT2D eigenvalue weighted by atomic mass is 16.5. The highest BCUT2D eigenvalue weighted by molar-refractivity contribution is 5.50. The van der Waals surface area contributed by atoms with Gasteiger partial charge < -0.3 is 14.8 Å². The van der Waals surface area contributed by atoms with E-state index in [9.17, 15) is 0 Å². The van der Waals surface area contributed by atoms with Crippen LogP contribution >= 0.6 is 0 Å². The second-order valence-electron chi connectivity index (χ2n) is 6.03. The predicted octanol–water partition coefficient (Wildman–Crippen LogP) is 3.09. The molecular weight excluding hydrogens is 238 g/mol. The topological polar surface area (TPSA) is 30.5 Å². The molecule has 3 rings (SSSR count). The third kappa shape index (κ3) is 2.20. The molecule has 0 radical (unpaired) electrons. The molecule has 1 aliphatic carbocycles. The molecule has 1 fully saturated rings. The second kappa shape index (κ2) is 4.71. The Morgan fingerprint density at radius 3 is 3.00 bits per heavy atom. The minimum atomic E-state index is -0.0581. The monoisotopic (exact) mass is 261 g/mol. The fourth-order valence-electron chi connectivity index (χ4n) is 3.77. The molecule has 1 aromatic carbocycles. The van der Waals surface area contributed by atoms with Crippen molar-refractivity contribution in [2.75, 3.05) is 13.7 Å². The molecular formula is C16H23NO2. The number of hydrogen-bond acceptors (Lipinski definition) is 3. The summed E-state index contributed by atoms with van der Waals surface area (Å²) >= 11 is 0. The summed E-state index contributed by atoms with van der Waals surface area (Å²) in [5.74, 6) is 2.43. The van der Waals surface area contributed by atoms with Gasteiger partial charge in [0, 0.05) is 18.0 Å². The summed E-state index contributed by atoms with van der Waals surface area (Å²) in [6.45, 7) is 5.43. The molecule has 1 aliphatic heterocycles. The minimum Gasteiger partial charge on any atom is -0.493 e. The first kappa shape index (κ1) is 12.8. The Morgan fingerprint density at radius 1 is 1.42 bits per heavy atom. The van der Waals surface area contributed by atoms with Gasteiger partial charge in [0.1, 0.15) is 5.60 Å². The van der Waals surface area contributed by atoms with Gasteiger partial charge >= 0.3 is 0 Å². The maximum absolute atomic E-state index is 6.32. The second-order valence-corrected chi connectivity index (χ2v) is 6.03. The maximum atomic E-state index is 6.32. The van der Waals surface area contributed by atoms with Crippen molar-refractivity contribution < 1.29 is 9.47 Å². The van der Waals surface area contributed by atoms with Crippen LogP contribution in [0.5, 0.6) is 11.5 Å². The van der Waals surface area contributed by atoms with Crippen LogP contribution in [0.2, 0.25) is 0 Å². The summed E-state index contributed by atoms with van der Waals surface area (Å²) in [6.07, 6.45) is 3.40. The van der Waals surface area contributed by atoms with Gasteiger partial charge in [0.05, 0.1) is 7.11 Å². The molecule has 0 aromatic heterocycles. The Morgan fingerprint density at radius 2 is 2.26 bits per heavy atom. The van der Waals surface area contributed by atoms with E-state index in [1.165, 1.54) is 12.0 Å². The van der Waals surface area contributed by atoms with Crippen LogP contribution in [0.25, 0.3) is 0 Å². The number of para-hydroxylation sites is 1. The van der Waals surface area contributed by atoms with Crippen LogP contribution in [0.3, 0.4) is 0 Å². The number of rotatable bonds is 3. The van der Waals surface area contributed by atoms with E-state index in [0.29, 0.717) is 12.0 Å². The first-order chi connectivity index (χ1) is 9.15. The molecule has 1 aromatic rings. The molecule has 0 spiro atoms. The fraction of sp³-hybridized carbons (Fsp3) is 0.625. The van der Waals surface area contributed by atoms with Crippen molar-refractivity contribution in [3.05, 3.63) is 23.8 Å². The van der Waals surface area contributed by atoms with Gasteiger partial charge in [0.2, 0.25) is 0 Å². The van der Waals surface area contributed by atoms with E-state index < -0.39 is 0 Å². The first-order valence-corrected chi connectivity index (χ1v) is 7.24. The molecule has 0 amide bonds. The number of methoxy groups -OCH3 is 1. The summed E-state index contributed by atoms with van der Waals surface area (Å²) in [7, 11) is 1.72. The van der Waals surface area contributed by atoms with E-state index in [1.54, 1.807) is 7.11 Å². The van der Waals surface area contributed by atoms with Crippen molar-refractivity contribution in [3.8, 4) is 11.5 Å². The van der Waals surface area contributed by atoms with Crippen molar-refractivity contribution in [2.24, 2.45) is 0 Å². The molecule has 0 saturated heterocycles. The molecule has 3 unspecified atom stereocenters. The quantitative estimate of drug-likeness (QED) is 0.907. The average Bonchev–Trinajstić information content (AvgIpc) is 2.37. The summed E-state index contributed by atoms with van der Waals surface area (Å²) < 4.78 is 11.8. The number of ether oxygens (including phenoxy) is 2. The van der Waals surface area contributed by atoms with Crippen molar-refractivity contribution in [3.63, 3.8) is 0 Å². The van der Waals surface area contributed by atoms with Crippen LogP contribution in [0, 0.1) is 0 Å². The van der Waals surface area contributed by atoms with Gasteiger partial charge in [-0.15, -0.1) is 0 Å². The maximum Gasteiger partial charge on any atom is 0.165 e. The summed E-state index contributed by atoms with van der Waals surface area (Å²) in [5, 5.41) is 3.59. The molecule has 2 bridgehead atoms. The number of nitrogens with one attached hydrogen (secondary N) is 1. The molecule has 19 heavy (non-hydrogen) atoms. The Bertz CT molecular complexity index is 474. The van der Waals surface area contributed by atoms with Gasteiger partial charge in [-0.05, 0) is 38.3 Å². The smallest absolute Gasteiger partial charge is 0.165 e. The lowest BCUT2D eigenvalue weighted by molar-refractivity contribution is 0.00562. The molecule has 3 heteroatoms. The Balaban J connectivity index is 1.97. The zero-order valence-corrected chi connectivity index (χ0v) is 12.0. The average molecular weight is 261 g/mol. The normalized spacial score (nSPS) is 32.4. The molecule has 1 saturated carbocycles. The molecule has 1 heterocycles. The lowest BCUT2D eigenvalue weighted by Crippen LogP contribution is -2.50. The Kier molecular flexibility index (Phi) is 3.17. The van der Waals surface area contributed by atoms with Crippen LogP contribution in [-0.2, 0) is 0 Å². The summed E-state index contributed by atoms with van der Waals surface area (Å²) in [5.41, 5.74) is 1.26. The molecule has 3 atom stereocenters. The predicted molar refractivity (Wildman–Crippen MR) is 76.1 cm³/mol. The highest BCUT2D eigenvalue weighted by Crippen LogP contribution is 2.51.